The molecule has 1 aromatic carbocycles. The molecule has 1 aromatic heterocycles. The van der Waals surface area contributed by atoms with Gasteiger partial charge in [0.15, 0.2) is 0 Å². The molecule has 6 heteroatoms. The molecule has 1 saturated heterocycles. The van der Waals surface area contributed by atoms with Gasteiger partial charge in [-0.05, 0) is 24.3 Å². The molecular formula is C18H19N3O3. The van der Waals surface area contributed by atoms with Crippen molar-refractivity contribution in [1.29, 1.82) is 0 Å². The number of ether oxygens (including phenoxy) is 1. The average Bonchev–Trinajstić information content (AvgIpc) is 3.02. The second-order valence-electron chi connectivity index (χ2n) is 5.65. The molecule has 0 bridgehead atoms. The van der Waals surface area contributed by atoms with Crippen molar-refractivity contribution in [3.63, 3.8) is 0 Å². The number of benzene rings is 1. The summed E-state index contributed by atoms with van der Waals surface area (Å²) >= 11 is 0. The second-order valence-corrected chi connectivity index (χ2v) is 5.65. The maximum atomic E-state index is 12.3. The van der Waals surface area contributed by atoms with Crippen LogP contribution in [-0.4, -0.2) is 30.5 Å². The van der Waals surface area contributed by atoms with Crippen molar-refractivity contribution in [3.05, 3.63) is 54.4 Å². The first kappa shape index (κ1) is 16.0. The number of amides is 2. The van der Waals surface area contributed by atoms with Crippen molar-refractivity contribution >= 4 is 17.5 Å². The summed E-state index contributed by atoms with van der Waals surface area (Å²) in [5.74, 6) is 0.149. The first-order valence-corrected chi connectivity index (χ1v) is 7.79. The van der Waals surface area contributed by atoms with Gasteiger partial charge in [-0.1, -0.05) is 12.1 Å². The maximum absolute atomic E-state index is 12.3. The van der Waals surface area contributed by atoms with Crippen molar-refractivity contribution in [2.45, 2.75) is 13.0 Å². The molecule has 0 radical (unpaired) electrons. The van der Waals surface area contributed by atoms with E-state index in [4.69, 9.17) is 4.74 Å². The number of anilines is 1. The number of carbonyl (C=O) groups is 2. The Morgan fingerprint density at radius 2 is 2.21 bits per heavy atom. The minimum atomic E-state index is -0.354. The lowest BCUT2D eigenvalue weighted by atomic mass is 10.1. The number of nitrogens with zero attached hydrogens (tertiary/aromatic N) is 2. The molecule has 2 heterocycles. The number of hydrogen-bond donors (Lipinski definition) is 1. The molecule has 3 rings (SSSR count). The van der Waals surface area contributed by atoms with Crippen LogP contribution in [0.4, 0.5) is 5.69 Å². The number of hydrogen-bond acceptors (Lipinski definition) is 4. The van der Waals surface area contributed by atoms with E-state index in [9.17, 15) is 9.59 Å². The Morgan fingerprint density at radius 3 is 2.96 bits per heavy atom. The topological polar surface area (TPSA) is 71.5 Å². The zero-order valence-corrected chi connectivity index (χ0v) is 13.4. The van der Waals surface area contributed by atoms with Gasteiger partial charge in [-0.3, -0.25) is 14.6 Å². The van der Waals surface area contributed by atoms with Gasteiger partial charge in [0.25, 0.3) is 0 Å². The van der Waals surface area contributed by atoms with Crippen molar-refractivity contribution < 1.29 is 14.3 Å². The van der Waals surface area contributed by atoms with E-state index in [1.54, 1.807) is 24.3 Å². The van der Waals surface area contributed by atoms with Gasteiger partial charge in [0, 0.05) is 30.9 Å². The van der Waals surface area contributed by atoms with Crippen LogP contribution >= 0.6 is 0 Å². The Hall–Kier alpha value is -2.89. The predicted molar refractivity (Wildman–Crippen MR) is 89.5 cm³/mol. The fraction of sp³-hybridized carbons (Fsp3) is 0.278. The number of methoxy groups -OCH3 is 1. The van der Waals surface area contributed by atoms with Crippen LogP contribution in [0.3, 0.4) is 0 Å². The molecule has 1 aliphatic rings. The molecule has 1 atom stereocenters. The SMILES string of the molecule is COc1cccc(N2CC(C(=O)NCc3ccccn3)CC2=O)c1. The van der Waals surface area contributed by atoms with Gasteiger partial charge >= 0.3 is 0 Å². The minimum Gasteiger partial charge on any atom is -0.497 e. The van der Waals surface area contributed by atoms with E-state index in [0.717, 1.165) is 11.4 Å². The maximum Gasteiger partial charge on any atom is 0.227 e. The standard InChI is InChI=1S/C18H19N3O3/c1-24-16-7-4-6-15(10-16)21-12-13(9-17(21)22)18(23)20-11-14-5-2-3-8-19-14/h2-8,10,13H,9,11-12H2,1H3,(H,20,23). The molecule has 0 spiro atoms. The summed E-state index contributed by atoms with van der Waals surface area (Å²) in [6.07, 6.45) is 1.90. The molecule has 124 valence electrons. The number of aromatic nitrogens is 1. The number of pyridine rings is 1. The highest BCUT2D eigenvalue weighted by Gasteiger charge is 2.35. The van der Waals surface area contributed by atoms with Gasteiger partial charge in [-0.25, -0.2) is 0 Å². The highest BCUT2D eigenvalue weighted by Crippen LogP contribution is 2.27. The van der Waals surface area contributed by atoms with Crippen molar-refractivity contribution in [1.82, 2.24) is 10.3 Å². The normalized spacial score (nSPS) is 17.0. The molecule has 0 saturated carbocycles. The lowest BCUT2D eigenvalue weighted by molar-refractivity contribution is -0.126. The summed E-state index contributed by atoms with van der Waals surface area (Å²) in [6, 6.07) is 12.8. The van der Waals surface area contributed by atoms with E-state index in [1.807, 2.05) is 36.4 Å². The Labute approximate surface area is 140 Å². The Balaban J connectivity index is 1.62. The van der Waals surface area contributed by atoms with E-state index < -0.39 is 0 Å². The lowest BCUT2D eigenvalue weighted by Crippen LogP contribution is -2.32. The van der Waals surface area contributed by atoms with Gasteiger partial charge in [0.1, 0.15) is 5.75 Å². The van der Waals surface area contributed by atoms with Crippen molar-refractivity contribution in [2.24, 2.45) is 5.92 Å². The number of rotatable bonds is 5. The molecule has 6 nitrogen and oxygen atoms in total. The smallest absolute Gasteiger partial charge is 0.227 e. The third kappa shape index (κ3) is 3.53. The lowest BCUT2D eigenvalue weighted by Gasteiger charge is -2.17. The van der Waals surface area contributed by atoms with E-state index in [2.05, 4.69) is 10.3 Å². The van der Waals surface area contributed by atoms with Gasteiger partial charge < -0.3 is 15.0 Å². The third-order valence-corrected chi connectivity index (χ3v) is 4.03. The molecule has 2 amide bonds. The molecular weight excluding hydrogens is 306 g/mol. The Kier molecular flexibility index (Phi) is 4.74. The number of carbonyl (C=O) groups excluding carboxylic acids is 2. The van der Waals surface area contributed by atoms with Crippen molar-refractivity contribution in [3.8, 4) is 5.75 Å². The highest BCUT2D eigenvalue weighted by molar-refractivity contribution is 6.00. The minimum absolute atomic E-state index is 0.0544. The average molecular weight is 325 g/mol. The van der Waals surface area contributed by atoms with Gasteiger partial charge in [-0.15, -0.1) is 0 Å². The van der Waals surface area contributed by atoms with Crippen LogP contribution in [0.1, 0.15) is 12.1 Å². The first-order valence-electron chi connectivity index (χ1n) is 7.79. The fourth-order valence-corrected chi connectivity index (χ4v) is 2.74. The van der Waals surface area contributed by atoms with Crippen LogP contribution in [0, 0.1) is 5.92 Å². The van der Waals surface area contributed by atoms with Crippen LogP contribution in [0.25, 0.3) is 0 Å². The number of nitrogens with one attached hydrogen (secondary N) is 1. The monoisotopic (exact) mass is 325 g/mol. The van der Waals surface area contributed by atoms with Gasteiger partial charge in [0.2, 0.25) is 11.8 Å². The summed E-state index contributed by atoms with van der Waals surface area (Å²) < 4.78 is 5.19. The summed E-state index contributed by atoms with van der Waals surface area (Å²) in [5, 5.41) is 2.85. The van der Waals surface area contributed by atoms with E-state index in [0.29, 0.717) is 18.8 Å². The molecule has 1 unspecified atom stereocenters. The molecule has 2 aromatic rings. The summed E-state index contributed by atoms with van der Waals surface area (Å²) in [4.78, 5) is 30.4. The Bertz CT molecular complexity index is 733. The highest BCUT2D eigenvalue weighted by atomic mass is 16.5. The van der Waals surface area contributed by atoms with E-state index in [-0.39, 0.29) is 24.2 Å². The first-order chi connectivity index (χ1) is 11.7. The van der Waals surface area contributed by atoms with E-state index >= 15 is 0 Å². The quantitative estimate of drug-likeness (QED) is 0.909. The molecule has 1 N–H and O–H groups in total. The second kappa shape index (κ2) is 7.12. The summed E-state index contributed by atoms with van der Waals surface area (Å²) in [6.45, 7) is 0.740. The van der Waals surface area contributed by atoms with Crippen molar-refractivity contribution in [2.75, 3.05) is 18.6 Å². The van der Waals surface area contributed by atoms with Crippen LogP contribution in [-0.2, 0) is 16.1 Å². The summed E-state index contributed by atoms with van der Waals surface area (Å²) in [7, 11) is 1.58. The molecule has 0 aliphatic carbocycles. The van der Waals surface area contributed by atoms with Crippen LogP contribution in [0.2, 0.25) is 0 Å². The summed E-state index contributed by atoms with van der Waals surface area (Å²) in [5.41, 5.74) is 1.54. The van der Waals surface area contributed by atoms with Gasteiger partial charge in [-0.2, -0.15) is 0 Å². The third-order valence-electron chi connectivity index (χ3n) is 4.03. The predicted octanol–water partition coefficient (Wildman–Crippen LogP) is 1.76. The molecule has 24 heavy (non-hydrogen) atoms. The van der Waals surface area contributed by atoms with Gasteiger partial charge in [0.05, 0.1) is 25.3 Å². The fourth-order valence-electron chi connectivity index (χ4n) is 2.74. The van der Waals surface area contributed by atoms with E-state index in [1.165, 1.54) is 0 Å². The van der Waals surface area contributed by atoms with Crippen LogP contribution in [0.5, 0.6) is 5.75 Å². The zero-order valence-electron chi connectivity index (χ0n) is 13.4. The molecule has 1 fully saturated rings. The largest absolute Gasteiger partial charge is 0.497 e. The van der Waals surface area contributed by atoms with Crippen LogP contribution < -0.4 is 15.0 Å². The Morgan fingerprint density at radius 1 is 1.33 bits per heavy atom. The van der Waals surface area contributed by atoms with Crippen LogP contribution in [0.15, 0.2) is 48.7 Å². The molecule has 1 aliphatic heterocycles. The zero-order chi connectivity index (χ0) is 16.9.